The largest absolute Gasteiger partial charge is 0.490 e. The van der Waals surface area contributed by atoms with Gasteiger partial charge in [0, 0.05) is 0 Å². The molecule has 0 unspecified atom stereocenters. The van der Waals surface area contributed by atoms with Crippen LogP contribution in [0.5, 0.6) is 5.75 Å². The van der Waals surface area contributed by atoms with E-state index in [1.54, 1.807) is 12.1 Å². The Morgan fingerprint density at radius 3 is 2.80 bits per heavy atom. The second kappa shape index (κ2) is 4.59. The quantitative estimate of drug-likeness (QED) is 0.757. The van der Waals surface area contributed by atoms with E-state index in [4.69, 9.17) is 10.6 Å². The van der Waals surface area contributed by atoms with Crippen molar-refractivity contribution in [1.82, 2.24) is 0 Å². The zero-order valence-corrected chi connectivity index (χ0v) is 8.41. The summed E-state index contributed by atoms with van der Waals surface area (Å²) in [5.41, 5.74) is 0.703. The Labute approximate surface area is 87.9 Å². The summed E-state index contributed by atoms with van der Waals surface area (Å²) in [7, 11) is 0. The van der Waals surface area contributed by atoms with Gasteiger partial charge in [0.2, 0.25) is 0 Å². The number of ether oxygens (including phenoxy) is 1. The number of nitrogens with two attached hydrogens (primary N) is 1. The maximum Gasteiger partial charge on any atom is 0.165 e. The van der Waals surface area contributed by atoms with Gasteiger partial charge in [0.25, 0.3) is 0 Å². The lowest BCUT2D eigenvalue weighted by molar-refractivity contribution is 0.124. The fourth-order valence-corrected chi connectivity index (χ4v) is 1.34. The lowest BCUT2D eigenvalue weighted by Crippen LogP contribution is -2.03. The van der Waals surface area contributed by atoms with Crippen LogP contribution in [0.4, 0.5) is 4.39 Å². The summed E-state index contributed by atoms with van der Waals surface area (Å²) < 4.78 is 18.8. The highest BCUT2D eigenvalue weighted by atomic mass is 19.1. The first-order chi connectivity index (χ1) is 7.29. The summed E-state index contributed by atoms with van der Waals surface area (Å²) in [6.45, 7) is 0.823. The zero-order chi connectivity index (χ0) is 10.7. The molecule has 2 rings (SSSR count). The third kappa shape index (κ3) is 2.91. The van der Waals surface area contributed by atoms with Gasteiger partial charge in [0.1, 0.15) is 0 Å². The highest BCUT2D eigenvalue weighted by Crippen LogP contribution is 2.30. The minimum absolute atomic E-state index is 0.208. The molecule has 0 atom stereocenters. The van der Waals surface area contributed by atoms with Crippen molar-refractivity contribution in [2.75, 3.05) is 6.61 Å². The Bertz CT molecular complexity index is 339. The molecule has 3 nitrogen and oxygen atoms in total. The van der Waals surface area contributed by atoms with Gasteiger partial charge in [-0.15, -0.1) is 0 Å². The molecule has 4 heteroatoms. The summed E-state index contributed by atoms with van der Waals surface area (Å²) >= 11 is 0. The minimum atomic E-state index is -0.356. The maximum atomic E-state index is 13.4. The summed E-state index contributed by atoms with van der Waals surface area (Å²) in [6.07, 6.45) is 2.39. The second-order valence-electron chi connectivity index (χ2n) is 3.83. The Kier molecular flexibility index (Phi) is 3.18. The van der Waals surface area contributed by atoms with Crippen molar-refractivity contribution in [2.45, 2.75) is 19.4 Å². The molecule has 1 aromatic rings. The Hall–Kier alpha value is -1.13. The van der Waals surface area contributed by atoms with Crippen LogP contribution in [-0.2, 0) is 11.4 Å². The van der Waals surface area contributed by atoms with Gasteiger partial charge in [-0.3, -0.25) is 4.84 Å². The molecule has 1 saturated carbocycles. The molecule has 0 bridgehead atoms. The summed E-state index contributed by atoms with van der Waals surface area (Å²) in [5.74, 6) is 5.48. The molecule has 0 heterocycles. The van der Waals surface area contributed by atoms with E-state index in [9.17, 15) is 4.39 Å². The van der Waals surface area contributed by atoms with Gasteiger partial charge < -0.3 is 4.74 Å². The monoisotopic (exact) mass is 211 g/mol. The molecule has 1 aliphatic rings. The average molecular weight is 211 g/mol. The summed E-state index contributed by atoms with van der Waals surface area (Å²) in [6, 6.07) is 4.75. The highest BCUT2D eigenvalue weighted by molar-refractivity contribution is 5.29. The van der Waals surface area contributed by atoms with E-state index in [0.717, 1.165) is 0 Å². The van der Waals surface area contributed by atoms with Crippen molar-refractivity contribution in [3.05, 3.63) is 29.6 Å². The van der Waals surface area contributed by atoms with Crippen LogP contribution >= 0.6 is 0 Å². The van der Waals surface area contributed by atoms with Crippen molar-refractivity contribution >= 4 is 0 Å². The lowest BCUT2D eigenvalue weighted by Gasteiger charge is -2.07. The number of benzene rings is 1. The molecule has 1 aromatic carbocycles. The molecular formula is C11H14FNO2. The third-order valence-electron chi connectivity index (χ3n) is 2.42. The van der Waals surface area contributed by atoms with Crippen molar-refractivity contribution in [2.24, 2.45) is 11.8 Å². The molecule has 0 saturated heterocycles. The van der Waals surface area contributed by atoms with E-state index in [1.807, 2.05) is 0 Å². The predicted octanol–water partition coefficient (Wildman–Crippen LogP) is 2.00. The van der Waals surface area contributed by atoms with Gasteiger partial charge in [-0.25, -0.2) is 10.3 Å². The van der Waals surface area contributed by atoms with Crippen molar-refractivity contribution in [3.8, 4) is 5.75 Å². The average Bonchev–Trinajstić information content (AvgIpc) is 3.01. The molecule has 2 N–H and O–H groups in total. The van der Waals surface area contributed by atoms with Crippen LogP contribution in [0.3, 0.4) is 0 Å². The smallest absolute Gasteiger partial charge is 0.165 e. The molecular weight excluding hydrogens is 197 g/mol. The number of hydrogen-bond donors (Lipinski definition) is 1. The summed E-state index contributed by atoms with van der Waals surface area (Å²) in [5, 5.41) is 0. The van der Waals surface area contributed by atoms with E-state index < -0.39 is 0 Å². The standard InChI is InChI=1S/C11H14FNO2/c12-10-5-9(7-15-13)3-4-11(10)14-6-8-1-2-8/h3-5,8H,1-2,6-7,13H2. The molecule has 0 spiro atoms. The van der Waals surface area contributed by atoms with Gasteiger partial charge in [-0.1, -0.05) is 6.07 Å². The molecule has 0 amide bonds. The van der Waals surface area contributed by atoms with Crippen molar-refractivity contribution < 1.29 is 14.0 Å². The third-order valence-corrected chi connectivity index (χ3v) is 2.42. The van der Waals surface area contributed by atoms with Crippen LogP contribution in [0.2, 0.25) is 0 Å². The first kappa shape index (κ1) is 10.4. The topological polar surface area (TPSA) is 44.5 Å². The van der Waals surface area contributed by atoms with E-state index >= 15 is 0 Å². The predicted molar refractivity (Wildman–Crippen MR) is 53.6 cm³/mol. The molecule has 15 heavy (non-hydrogen) atoms. The van der Waals surface area contributed by atoms with Crippen LogP contribution in [0.1, 0.15) is 18.4 Å². The van der Waals surface area contributed by atoms with Crippen LogP contribution in [0, 0.1) is 11.7 Å². The molecule has 0 radical (unpaired) electrons. The number of halogens is 1. The van der Waals surface area contributed by atoms with E-state index in [2.05, 4.69) is 4.84 Å². The molecule has 0 aromatic heterocycles. The van der Waals surface area contributed by atoms with Gasteiger partial charge in [-0.05, 0) is 36.5 Å². The zero-order valence-electron chi connectivity index (χ0n) is 8.41. The van der Waals surface area contributed by atoms with Crippen LogP contribution in [-0.4, -0.2) is 6.61 Å². The van der Waals surface area contributed by atoms with E-state index in [1.165, 1.54) is 18.9 Å². The normalized spacial score (nSPS) is 15.3. The maximum absolute atomic E-state index is 13.4. The van der Waals surface area contributed by atoms with Crippen LogP contribution in [0.25, 0.3) is 0 Å². The van der Waals surface area contributed by atoms with Gasteiger partial charge in [0.15, 0.2) is 11.6 Å². The van der Waals surface area contributed by atoms with Crippen LogP contribution < -0.4 is 10.6 Å². The van der Waals surface area contributed by atoms with E-state index in [-0.39, 0.29) is 12.4 Å². The summed E-state index contributed by atoms with van der Waals surface area (Å²) in [4.78, 5) is 4.42. The SMILES string of the molecule is NOCc1ccc(OCC2CC2)c(F)c1. The van der Waals surface area contributed by atoms with Gasteiger partial charge in [-0.2, -0.15) is 0 Å². The Morgan fingerprint density at radius 1 is 1.40 bits per heavy atom. The molecule has 0 aliphatic heterocycles. The Balaban J connectivity index is 1.97. The fraction of sp³-hybridized carbons (Fsp3) is 0.455. The number of rotatable bonds is 5. The van der Waals surface area contributed by atoms with Crippen molar-refractivity contribution in [3.63, 3.8) is 0 Å². The minimum Gasteiger partial charge on any atom is -0.490 e. The molecule has 82 valence electrons. The van der Waals surface area contributed by atoms with Gasteiger partial charge >= 0.3 is 0 Å². The second-order valence-corrected chi connectivity index (χ2v) is 3.83. The number of hydrogen-bond acceptors (Lipinski definition) is 3. The van der Waals surface area contributed by atoms with Gasteiger partial charge in [0.05, 0.1) is 13.2 Å². The van der Waals surface area contributed by atoms with Crippen LogP contribution in [0.15, 0.2) is 18.2 Å². The van der Waals surface area contributed by atoms with Crippen molar-refractivity contribution in [1.29, 1.82) is 0 Å². The molecule has 1 fully saturated rings. The highest BCUT2D eigenvalue weighted by Gasteiger charge is 2.22. The molecule has 1 aliphatic carbocycles. The first-order valence-electron chi connectivity index (χ1n) is 5.02. The fourth-order valence-electron chi connectivity index (χ4n) is 1.34. The van der Waals surface area contributed by atoms with E-state index in [0.29, 0.717) is 23.8 Å². The lowest BCUT2D eigenvalue weighted by atomic mass is 10.2. The Morgan fingerprint density at radius 2 is 2.20 bits per heavy atom. The first-order valence-corrected chi connectivity index (χ1v) is 5.02.